The molecule has 0 aromatic heterocycles. The Morgan fingerprint density at radius 2 is 2.24 bits per heavy atom. The molecule has 8 nitrogen and oxygen atoms in total. The molecule has 1 rings (SSSR count). The van der Waals surface area contributed by atoms with Crippen LogP contribution in [0.25, 0.3) is 0 Å². The molecule has 0 fully saturated rings. The molecule has 1 aromatic carbocycles. The van der Waals surface area contributed by atoms with Crippen molar-refractivity contribution in [3.63, 3.8) is 0 Å². The zero-order chi connectivity index (χ0) is 15.7. The van der Waals surface area contributed by atoms with Gasteiger partial charge in [0, 0.05) is 26.3 Å². The highest BCUT2D eigenvalue weighted by Gasteiger charge is 2.16. The normalized spacial score (nSPS) is 10.2. The van der Waals surface area contributed by atoms with E-state index in [1.807, 2.05) is 0 Å². The van der Waals surface area contributed by atoms with Crippen LogP contribution in [-0.2, 0) is 16.1 Å². The molecular weight excluding hydrogens is 280 g/mol. The van der Waals surface area contributed by atoms with Crippen LogP contribution in [0.4, 0.5) is 5.69 Å². The third-order valence-corrected chi connectivity index (χ3v) is 2.61. The Labute approximate surface area is 121 Å². The number of aliphatic hydroxyl groups excluding tert-OH is 1. The molecule has 0 atom stereocenters. The molecule has 0 saturated carbocycles. The highest BCUT2D eigenvalue weighted by molar-refractivity contribution is 5.77. The first-order valence-corrected chi connectivity index (χ1v) is 6.35. The Balaban J connectivity index is 2.54. The summed E-state index contributed by atoms with van der Waals surface area (Å²) in [6, 6.07) is 4.08. The first kappa shape index (κ1) is 16.9. The highest BCUT2D eigenvalue weighted by atomic mass is 16.6. The number of hydrogen-bond donors (Lipinski definition) is 2. The van der Waals surface area contributed by atoms with Gasteiger partial charge in [-0.3, -0.25) is 14.9 Å². The lowest BCUT2D eigenvalue weighted by Gasteiger charge is -2.08. The quantitative estimate of drug-likeness (QED) is 0.393. The summed E-state index contributed by atoms with van der Waals surface area (Å²) in [5, 5.41) is 22.5. The van der Waals surface area contributed by atoms with Gasteiger partial charge >= 0.3 is 5.69 Å². The summed E-state index contributed by atoms with van der Waals surface area (Å²) in [7, 11) is 1.57. The van der Waals surface area contributed by atoms with Gasteiger partial charge < -0.3 is 19.9 Å². The smallest absolute Gasteiger partial charge is 0.311 e. The summed E-state index contributed by atoms with van der Waals surface area (Å²) in [6.45, 7) is 0.365. The Kier molecular flexibility index (Phi) is 7.13. The minimum absolute atomic E-state index is 0.00996. The van der Waals surface area contributed by atoms with Gasteiger partial charge in [0.25, 0.3) is 5.91 Å². The molecule has 0 aliphatic heterocycles. The van der Waals surface area contributed by atoms with Crippen LogP contribution in [0.2, 0.25) is 0 Å². The summed E-state index contributed by atoms with van der Waals surface area (Å²) in [5.74, 6) is -0.379. The minimum atomic E-state index is -0.620. The summed E-state index contributed by atoms with van der Waals surface area (Å²) < 4.78 is 9.99. The number of nitro groups is 1. The van der Waals surface area contributed by atoms with Crippen molar-refractivity contribution in [2.24, 2.45) is 0 Å². The van der Waals surface area contributed by atoms with E-state index in [4.69, 9.17) is 14.6 Å². The van der Waals surface area contributed by atoms with Crippen molar-refractivity contribution in [1.82, 2.24) is 5.32 Å². The lowest BCUT2D eigenvalue weighted by Crippen LogP contribution is -2.30. The van der Waals surface area contributed by atoms with Crippen LogP contribution in [0.15, 0.2) is 18.2 Å². The van der Waals surface area contributed by atoms with Crippen LogP contribution in [-0.4, -0.2) is 42.8 Å². The molecule has 0 aliphatic carbocycles. The summed E-state index contributed by atoms with van der Waals surface area (Å²) >= 11 is 0. The molecule has 1 amide bonds. The number of carbonyl (C=O) groups excluding carboxylic acids is 1. The number of methoxy groups -OCH3 is 1. The number of nitrogens with one attached hydrogen (secondary N) is 1. The number of nitro benzene ring substituents is 1. The van der Waals surface area contributed by atoms with Crippen LogP contribution < -0.4 is 10.1 Å². The van der Waals surface area contributed by atoms with Gasteiger partial charge in [0.05, 0.1) is 11.5 Å². The number of hydrogen-bond acceptors (Lipinski definition) is 6. The number of rotatable bonds is 9. The van der Waals surface area contributed by atoms with Crippen molar-refractivity contribution in [3.05, 3.63) is 33.9 Å². The number of nitrogens with zero attached hydrogens (tertiary/aromatic N) is 1. The van der Waals surface area contributed by atoms with Gasteiger partial charge in [-0.25, -0.2) is 0 Å². The second kappa shape index (κ2) is 8.88. The van der Waals surface area contributed by atoms with E-state index >= 15 is 0 Å². The van der Waals surface area contributed by atoms with Crippen molar-refractivity contribution in [1.29, 1.82) is 0 Å². The third-order valence-electron chi connectivity index (χ3n) is 2.61. The molecule has 0 bridgehead atoms. The van der Waals surface area contributed by atoms with E-state index < -0.39 is 4.92 Å². The van der Waals surface area contributed by atoms with Gasteiger partial charge in [0.2, 0.25) is 0 Å². The number of carbonyl (C=O) groups is 1. The number of aliphatic hydroxyl groups is 1. The van der Waals surface area contributed by atoms with Crippen molar-refractivity contribution in [2.45, 2.75) is 13.0 Å². The molecule has 0 unspecified atom stereocenters. The van der Waals surface area contributed by atoms with Crippen molar-refractivity contribution in [3.8, 4) is 5.75 Å². The average Bonchev–Trinajstić information content (AvgIpc) is 2.49. The standard InChI is InChI=1S/C13H18N2O6/c1-20-6-2-5-14-13(17)9-21-12-4-3-10(8-16)7-11(12)15(18)19/h3-4,7,16H,2,5-6,8-9H2,1H3,(H,14,17). The van der Waals surface area contributed by atoms with Crippen LogP contribution in [0, 0.1) is 10.1 Å². The van der Waals surface area contributed by atoms with Gasteiger partial charge in [-0.1, -0.05) is 6.07 Å². The van der Waals surface area contributed by atoms with E-state index in [1.54, 1.807) is 7.11 Å². The van der Waals surface area contributed by atoms with Crippen LogP contribution in [0.1, 0.15) is 12.0 Å². The largest absolute Gasteiger partial charge is 0.477 e. The maximum absolute atomic E-state index is 11.5. The second-order valence-corrected chi connectivity index (χ2v) is 4.20. The van der Waals surface area contributed by atoms with Crippen molar-refractivity contribution < 1.29 is 24.3 Å². The zero-order valence-corrected chi connectivity index (χ0v) is 11.7. The molecule has 8 heteroatoms. The third kappa shape index (κ3) is 5.76. The molecule has 2 N–H and O–H groups in total. The SMILES string of the molecule is COCCCNC(=O)COc1ccc(CO)cc1[N+](=O)[O-]. The fourth-order valence-corrected chi connectivity index (χ4v) is 1.56. The van der Waals surface area contributed by atoms with Crippen LogP contribution in [0.3, 0.4) is 0 Å². The molecule has 0 aliphatic rings. The van der Waals surface area contributed by atoms with Crippen LogP contribution in [0.5, 0.6) is 5.75 Å². The van der Waals surface area contributed by atoms with E-state index in [-0.39, 0.29) is 30.6 Å². The van der Waals surface area contributed by atoms with Gasteiger partial charge in [0.15, 0.2) is 12.4 Å². The maximum Gasteiger partial charge on any atom is 0.311 e. The molecule has 0 saturated heterocycles. The second-order valence-electron chi connectivity index (χ2n) is 4.20. The molecule has 0 heterocycles. The zero-order valence-electron chi connectivity index (χ0n) is 11.7. The van der Waals surface area contributed by atoms with E-state index in [1.165, 1.54) is 18.2 Å². The fraction of sp³-hybridized carbons (Fsp3) is 0.462. The first-order valence-electron chi connectivity index (χ1n) is 6.35. The molecule has 0 radical (unpaired) electrons. The Morgan fingerprint density at radius 3 is 2.86 bits per heavy atom. The van der Waals surface area contributed by atoms with Crippen molar-refractivity contribution >= 4 is 11.6 Å². The van der Waals surface area contributed by atoms with E-state index in [0.29, 0.717) is 25.1 Å². The van der Waals surface area contributed by atoms with Gasteiger partial charge in [-0.15, -0.1) is 0 Å². The fourth-order valence-electron chi connectivity index (χ4n) is 1.56. The Bertz CT molecular complexity index is 492. The Morgan fingerprint density at radius 1 is 1.48 bits per heavy atom. The highest BCUT2D eigenvalue weighted by Crippen LogP contribution is 2.27. The number of ether oxygens (including phenoxy) is 2. The molecule has 116 valence electrons. The monoisotopic (exact) mass is 298 g/mol. The predicted octanol–water partition coefficient (Wildman–Crippen LogP) is 0.619. The summed E-state index contributed by atoms with van der Waals surface area (Å²) in [4.78, 5) is 21.8. The van der Waals surface area contributed by atoms with E-state index in [0.717, 1.165) is 0 Å². The topological polar surface area (TPSA) is 111 Å². The summed E-state index contributed by atoms with van der Waals surface area (Å²) in [6.07, 6.45) is 0.674. The Hall–Kier alpha value is -2.19. The van der Waals surface area contributed by atoms with Gasteiger partial charge in [-0.05, 0) is 18.1 Å². The average molecular weight is 298 g/mol. The lowest BCUT2D eigenvalue weighted by molar-refractivity contribution is -0.385. The van der Waals surface area contributed by atoms with Gasteiger partial charge in [-0.2, -0.15) is 0 Å². The number of benzene rings is 1. The predicted molar refractivity (Wildman–Crippen MR) is 74.0 cm³/mol. The number of amides is 1. The summed E-state index contributed by atoms with van der Waals surface area (Å²) in [5.41, 5.74) is 0.117. The lowest BCUT2D eigenvalue weighted by atomic mass is 10.2. The molecular formula is C13H18N2O6. The van der Waals surface area contributed by atoms with E-state index in [2.05, 4.69) is 5.32 Å². The molecule has 0 spiro atoms. The first-order chi connectivity index (χ1) is 10.1. The van der Waals surface area contributed by atoms with Crippen LogP contribution >= 0.6 is 0 Å². The maximum atomic E-state index is 11.5. The van der Waals surface area contributed by atoms with E-state index in [9.17, 15) is 14.9 Å². The minimum Gasteiger partial charge on any atom is -0.477 e. The molecule has 21 heavy (non-hydrogen) atoms. The van der Waals surface area contributed by atoms with Crippen molar-refractivity contribution in [2.75, 3.05) is 26.9 Å². The van der Waals surface area contributed by atoms with Gasteiger partial charge in [0.1, 0.15) is 0 Å². The molecule has 1 aromatic rings.